The number of hydrogen-bond donors (Lipinski definition) is 0. The largest absolute Gasteiger partial charge is 0.287 e. The number of carbonyl (C=O) groups excluding carboxylic acids is 1. The van der Waals surface area contributed by atoms with Gasteiger partial charge in [-0.1, -0.05) is 72.8 Å². The molecular formula is C21H18NO+. The second-order valence-electron chi connectivity index (χ2n) is 5.34. The summed E-state index contributed by atoms with van der Waals surface area (Å²) in [6.07, 6.45) is 8.02. The zero-order chi connectivity index (χ0) is 15.9. The molecule has 23 heavy (non-hydrogen) atoms. The van der Waals surface area contributed by atoms with Crippen LogP contribution in [0.15, 0.2) is 85.2 Å². The van der Waals surface area contributed by atoms with Crippen LogP contribution in [0.3, 0.4) is 0 Å². The van der Waals surface area contributed by atoms with Crippen molar-refractivity contribution < 1.29 is 9.36 Å². The summed E-state index contributed by atoms with van der Waals surface area (Å²) >= 11 is 0. The molecule has 0 unspecified atom stereocenters. The van der Waals surface area contributed by atoms with Crippen LogP contribution in [-0.2, 0) is 6.54 Å². The Morgan fingerprint density at radius 3 is 1.87 bits per heavy atom. The van der Waals surface area contributed by atoms with Gasteiger partial charge in [-0.05, 0) is 11.1 Å². The number of Topliss-reactive ketones (excluding diaryl/α,β-unsaturated/α-hetero) is 1. The van der Waals surface area contributed by atoms with Gasteiger partial charge in [-0.2, -0.15) is 4.57 Å². The number of benzene rings is 2. The van der Waals surface area contributed by atoms with Crippen molar-refractivity contribution in [3.05, 3.63) is 102 Å². The lowest BCUT2D eigenvalue weighted by molar-refractivity contribution is -0.683. The van der Waals surface area contributed by atoms with Crippen LogP contribution in [0, 0.1) is 0 Å². The molecule has 0 fully saturated rings. The minimum Gasteiger partial charge on any atom is -0.287 e. The smallest absolute Gasteiger partial charge is 0.227 e. The zero-order valence-electron chi connectivity index (χ0n) is 12.8. The van der Waals surface area contributed by atoms with Gasteiger partial charge in [0.1, 0.15) is 0 Å². The fraction of sp³-hybridized carbons (Fsp3) is 0.0476. The highest BCUT2D eigenvalue weighted by molar-refractivity contribution is 5.94. The first-order chi connectivity index (χ1) is 11.3. The van der Waals surface area contributed by atoms with Crippen molar-refractivity contribution in [2.24, 2.45) is 0 Å². The maximum Gasteiger partial charge on any atom is 0.227 e. The molecule has 0 saturated heterocycles. The van der Waals surface area contributed by atoms with Crippen molar-refractivity contribution in [3.63, 3.8) is 0 Å². The molecule has 0 spiro atoms. The van der Waals surface area contributed by atoms with Crippen molar-refractivity contribution in [3.8, 4) is 0 Å². The van der Waals surface area contributed by atoms with Crippen LogP contribution in [-0.4, -0.2) is 5.78 Å². The second kappa shape index (κ2) is 7.32. The molecule has 0 N–H and O–H groups in total. The van der Waals surface area contributed by atoms with E-state index in [-0.39, 0.29) is 5.78 Å². The quantitative estimate of drug-likeness (QED) is 0.515. The van der Waals surface area contributed by atoms with Gasteiger partial charge in [-0.25, -0.2) is 0 Å². The Morgan fingerprint density at radius 2 is 1.26 bits per heavy atom. The number of rotatable bonds is 5. The molecule has 1 heterocycles. The van der Waals surface area contributed by atoms with Crippen molar-refractivity contribution in [1.29, 1.82) is 0 Å². The minimum absolute atomic E-state index is 0.114. The van der Waals surface area contributed by atoms with Crippen LogP contribution < -0.4 is 4.57 Å². The van der Waals surface area contributed by atoms with Crippen molar-refractivity contribution in [2.75, 3.05) is 0 Å². The Morgan fingerprint density at radius 1 is 0.739 bits per heavy atom. The molecule has 112 valence electrons. The number of carbonyl (C=O) groups is 1. The molecule has 0 radical (unpaired) electrons. The summed E-state index contributed by atoms with van der Waals surface area (Å²) in [6, 6.07) is 23.6. The third-order valence-corrected chi connectivity index (χ3v) is 3.61. The number of aromatic nitrogens is 1. The molecule has 0 amide bonds. The monoisotopic (exact) mass is 300 g/mol. The Labute approximate surface area is 136 Å². The van der Waals surface area contributed by atoms with Gasteiger partial charge in [0.15, 0.2) is 12.4 Å². The molecule has 2 aromatic carbocycles. The predicted molar refractivity (Wildman–Crippen MR) is 92.8 cm³/mol. The molecule has 0 atom stereocenters. The predicted octanol–water partition coefficient (Wildman–Crippen LogP) is 4.03. The van der Waals surface area contributed by atoms with E-state index in [4.69, 9.17) is 0 Å². The van der Waals surface area contributed by atoms with Crippen LogP contribution in [0.5, 0.6) is 0 Å². The Balaban J connectivity index is 1.65. The van der Waals surface area contributed by atoms with E-state index < -0.39 is 0 Å². The maximum absolute atomic E-state index is 12.2. The lowest BCUT2D eigenvalue weighted by atomic mass is 10.1. The normalized spacial score (nSPS) is 10.8. The van der Waals surface area contributed by atoms with Gasteiger partial charge in [0.25, 0.3) is 0 Å². The van der Waals surface area contributed by atoms with Crippen LogP contribution in [0.2, 0.25) is 0 Å². The summed E-state index contributed by atoms with van der Waals surface area (Å²) in [6.45, 7) is 0.354. The molecule has 1 aromatic heterocycles. The Hall–Kier alpha value is -3.00. The topological polar surface area (TPSA) is 20.9 Å². The van der Waals surface area contributed by atoms with Crippen molar-refractivity contribution in [2.45, 2.75) is 6.54 Å². The molecule has 0 bridgehead atoms. The number of pyridine rings is 1. The molecule has 3 rings (SSSR count). The first kappa shape index (κ1) is 14.9. The summed E-state index contributed by atoms with van der Waals surface area (Å²) in [5.74, 6) is 0.114. The first-order valence-electron chi connectivity index (χ1n) is 7.62. The van der Waals surface area contributed by atoms with Crippen LogP contribution in [0.4, 0.5) is 0 Å². The lowest BCUT2D eigenvalue weighted by Crippen LogP contribution is -2.37. The number of ketones is 1. The van der Waals surface area contributed by atoms with E-state index in [1.807, 2.05) is 77.6 Å². The van der Waals surface area contributed by atoms with E-state index in [1.165, 1.54) is 5.56 Å². The van der Waals surface area contributed by atoms with E-state index in [0.29, 0.717) is 6.54 Å². The average Bonchev–Trinajstić information content (AvgIpc) is 2.63. The van der Waals surface area contributed by atoms with Gasteiger partial charge in [0, 0.05) is 17.7 Å². The third-order valence-electron chi connectivity index (χ3n) is 3.61. The van der Waals surface area contributed by atoms with E-state index in [2.05, 4.69) is 24.3 Å². The van der Waals surface area contributed by atoms with E-state index >= 15 is 0 Å². The van der Waals surface area contributed by atoms with Crippen LogP contribution >= 0.6 is 0 Å². The molecule has 2 heteroatoms. The molecule has 2 nitrogen and oxygen atoms in total. The van der Waals surface area contributed by atoms with Crippen molar-refractivity contribution in [1.82, 2.24) is 0 Å². The lowest BCUT2D eigenvalue weighted by Gasteiger charge is -1.98. The SMILES string of the molecule is O=C(C[n+]1ccc(/C=C/c2ccccc2)cc1)c1ccccc1. The van der Waals surface area contributed by atoms with E-state index in [9.17, 15) is 4.79 Å². The van der Waals surface area contributed by atoms with Gasteiger partial charge < -0.3 is 0 Å². The van der Waals surface area contributed by atoms with E-state index in [0.717, 1.165) is 11.1 Å². The average molecular weight is 300 g/mol. The van der Waals surface area contributed by atoms with E-state index in [1.54, 1.807) is 0 Å². The Bertz CT molecular complexity index is 790. The van der Waals surface area contributed by atoms with Crippen molar-refractivity contribution >= 4 is 17.9 Å². The fourth-order valence-electron chi connectivity index (χ4n) is 2.32. The molecule has 0 aliphatic rings. The highest BCUT2D eigenvalue weighted by Gasteiger charge is 2.10. The minimum atomic E-state index is 0.114. The highest BCUT2D eigenvalue weighted by Crippen LogP contribution is 2.06. The Kier molecular flexibility index (Phi) is 4.75. The summed E-state index contributed by atoms with van der Waals surface area (Å²) in [7, 11) is 0. The molecule has 0 aliphatic carbocycles. The fourth-order valence-corrected chi connectivity index (χ4v) is 2.32. The molecule has 0 aliphatic heterocycles. The molecule has 0 saturated carbocycles. The maximum atomic E-state index is 12.2. The second-order valence-corrected chi connectivity index (χ2v) is 5.34. The molecular weight excluding hydrogens is 282 g/mol. The van der Waals surface area contributed by atoms with Crippen LogP contribution in [0.1, 0.15) is 21.5 Å². The number of nitrogens with zero attached hydrogens (tertiary/aromatic N) is 1. The van der Waals surface area contributed by atoms with Gasteiger partial charge in [-0.15, -0.1) is 0 Å². The third kappa shape index (κ3) is 4.24. The van der Waals surface area contributed by atoms with Crippen LogP contribution in [0.25, 0.3) is 12.2 Å². The summed E-state index contributed by atoms with van der Waals surface area (Å²) in [4.78, 5) is 12.2. The van der Waals surface area contributed by atoms with Gasteiger partial charge in [0.05, 0.1) is 0 Å². The number of hydrogen-bond acceptors (Lipinski definition) is 1. The summed E-state index contributed by atoms with van der Waals surface area (Å²) in [5.41, 5.74) is 3.02. The summed E-state index contributed by atoms with van der Waals surface area (Å²) in [5, 5.41) is 0. The standard InChI is InChI=1S/C21H18NO/c23-21(20-9-5-2-6-10-20)17-22-15-13-19(14-16-22)12-11-18-7-3-1-4-8-18/h1-16H,17H2/q+1/b12-11+. The zero-order valence-corrected chi connectivity index (χ0v) is 12.8. The molecule has 3 aromatic rings. The van der Waals surface area contributed by atoms with Gasteiger partial charge in [0.2, 0.25) is 12.3 Å². The summed E-state index contributed by atoms with van der Waals surface area (Å²) < 4.78 is 1.90. The highest BCUT2D eigenvalue weighted by atomic mass is 16.1. The van der Waals surface area contributed by atoms with Gasteiger partial charge >= 0.3 is 0 Å². The van der Waals surface area contributed by atoms with Gasteiger partial charge in [-0.3, -0.25) is 4.79 Å². The first-order valence-corrected chi connectivity index (χ1v) is 7.62.